The molecular weight excluding hydrogens is 296 g/mol. The maximum atomic E-state index is 11.9. The molecule has 0 aliphatic heterocycles. The van der Waals surface area contributed by atoms with Crippen molar-refractivity contribution in [3.05, 3.63) is 57.5 Å². The van der Waals surface area contributed by atoms with Crippen molar-refractivity contribution >= 4 is 12.0 Å². The van der Waals surface area contributed by atoms with Gasteiger partial charge in [-0.15, -0.1) is 0 Å². The maximum Gasteiger partial charge on any atom is 0.330 e. The number of nitrogens with zero attached hydrogens (tertiary/aromatic N) is 1. The fourth-order valence-electron chi connectivity index (χ4n) is 2.12. The Morgan fingerprint density at radius 2 is 2.09 bits per heavy atom. The number of hydrogen-bond donors (Lipinski definition) is 2. The topological polar surface area (TPSA) is 103 Å². The third kappa shape index (κ3) is 3.47. The van der Waals surface area contributed by atoms with Crippen molar-refractivity contribution in [1.82, 2.24) is 4.98 Å². The number of rotatable bonds is 3. The molecule has 0 spiro atoms. The van der Waals surface area contributed by atoms with E-state index < -0.39 is 11.5 Å². The number of aromatic nitrogens is 1. The Labute approximate surface area is 132 Å². The lowest BCUT2D eigenvalue weighted by Crippen LogP contribution is -2.12. The Morgan fingerprint density at radius 3 is 2.74 bits per heavy atom. The normalized spacial score (nSPS) is 10.5. The highest BCUT2D eigenvalue weighted by atomic mass is 16.5. The zero-order valence-electron chi connectivity index (χ0n) is 12.6. The molecule has 6 nitrogen and oxygen atoms in total. The summed E-state index contributed by atoms with van der Waals surface area (Å²) in [5.74, 6) is -0.578. The summed E-state index contributed by atoms with van der Waals surface area (Å²) in [5, 5.41) is 19.3. The van der Waals surface area contributed by atoms with E-state index in [9.17, 15) is 20.0 Å². The molecule has 0 bridgehead atoms. The molecular formula is C17H14N2O4. The fourth-order valence-corrected chi connectivity index (χ4v) is 2.12. The van der Waals surface area contributed by atoms with Gasteiger partial charge in [0, 0.05) is 22.9 Å². The minimum atomic E-state index is -0.516. The van der Waals surface area contributed by atoms with E-state index in [1.807, 2.05) is 6.07 Å². The highest BCUT2D eigenvalue weighted by Crippen LogP contribution is 2.32. The van der Waals surface area contributed by atoms with Gasteiger partial charge >= 0.3 is 5.97 Å². The molecule has 0 amide bonds. The van der Waals surface area contributed by atoms with Gasteiger partial charge in [0.1, 0.15) is 17.4 Å². The highest BCUT2D eigenvalue weighted by Gasteiger charge is 2.14. The third-order valence-electron chi connectivity index (χ3n) is 3.20. The summed E-state index contributed by atoms with van der Waals surface area (Å²) in [5.41, 5.74) is 1.25. The first-order valence-electron chi connectivity index (χ1n) is 6.69. The second kappa shape index (κ2) is 6.62. The maximum absolute atomic E-state index is 11.9. The van der Waals surface area contributed by atoms with E-state index in [2.05, 4.69) is 9.72 Å². The molecule has 6 heteroatoms. The molecule has 0 unspecified atom stereocenters. The molecule has 1 aromatic carbocycles. The molecule has 0 fully saturated rings. The number of phenols is 1. The van der Waals surface area contributed by atoms with Crippen molar-refractivity contribution in [3.63, 3.8) is 0 Å². The van der Waals surface area contributed by atoms with Crippen LogP contribution in [0.15, 0.2) is 35.1 Å². The van der Waals surface area contributed by atoms with Crippen LogP contribution in [0.3, 0.4) is 0 Å². The van der Waals surface area contributed by atoms with Gasteiger partial charge in [-0.05, 0) is 36.8 Å². The smallest absolute Gasteiger partial charge is 0.330 e. The van der Waals surface area contributed by atoms with Crippen LogP contribution < -0.4 is 5.56 Å². The Morgan fingerprint density at radius 1 is 1.35 bits per heavy atom. The average molecular weight is 310 g/mol. The zero-order valence-corrected chi connectivity index (χ0v) is 12.6. The number of carbonyl (C=O) groups excluding carboxylic acids is 1. The van der Waals surface area contributed by atoms with Crippen molar-refractivity contribution < 1.29 is 14.6 Å². The van der Waals surface area contributed by atoms with Crippen LogP contribution in [0, 0.1) is 18.3 Å². The van der Waals surface area contributed by atoms with Crippen molar-refractivity contribution in [2.45, 2.75) is 6.92 Å². The molecule has 0 aliphatic carbocycles. The van der Waals surface area contributed by atoms with Gasteiger partial charge in [0.15, 0.2) is 0 Å². The number of hydrogen-bond acceptors (Lipinski definition) is 5. The summed E-state index contributed by atoms with van der Waals surface area (Å²) >= 11 is 0. The summed E-state index contributed by atoms with van der Waals surface area (Å²) in [6.45, 7) is 1.68. The number of pyridine rings is 1. The van der Waals surface area contributed by atoms with Crippen molar-refractivity contribution in [3.8, 4) is 22.9 Å². The van der Waals surface area contributed by atoms with Gasteiger partial charge in [-0.25, -0.2) is 4.79 Å². The number of nitriles is 1. The van der Waals surface area contributed by atoms with Crippen LogP contribution in [0.2, 0.25) is 0 Å². The van der Waals surface area contributed by atoms with Crippen LogP contribution in [-0.4, -0.2) is 23.2 Å². The van der Waals surface area contributed by atoms with Gasteiger partial charge in [-0.3, -0.25) is 4.79 Å². The average Bonchev–Trinajstić information content (AvgIpc) is 2.53. The lowest BCUT2D eigenvalue weighted by atomic mass is 9.98. The molecule has 0 radical (unpaired) electrons. The summed E-state index contributed by atoms with van der Waals surface area (Å²) in [4.78, 5) is 25.6. The molecule has 1 aromatic heterocycles. The van der Waals surface area contributed by atoms with E-state index in [4.69, 9.17) is 0 Å². The lowest BCUT2D eigenvalue weighted by Gasteiger charge is -2.08. The van der Waals surface area contributed by atoms with Crippen LogP contribution in [0.5, 0.6) is 5.75 Å². The molecule has 2 rings (SSSR count). The van der Waals surface area contributed by atoms with Crippen LogP contribution >= 0.6 is 0 Å². The summed E-state index contributed by atoms with van der Waals surface area (Å²) in [7, 11) is 1.27. The van der Waals surface area contributed by atoms with Gasteiger partial charge in [0.2, 0.25) is 0 Å². The van der Waals surface area contributed by atoms with Gasteiger partial charge in [-0.2, -0.15) is 5.26 Å². The minimum absolute atomic E-state index is 0.0679. The third-order valence-corrected chi connectivity index (χ3v) is 3.20. The number of nitrogens with one attached hydrogen (secondary N) is 1. The number of esters is 1. The minimum Gasteiger partial charge on any atom is -0.507 e. The first kappa shape index (κ1) is 16.0. The van der Waals surface area contributed by atoms with Crippen LogP contribution in [0.25, 0.3) is 17.2 Å². The highest BCUT2D eigenvalue weighted by molar-refractivity contribution is 5.87. The summed E-state index contributed by atoms with van der Waals surface area (Å²) < 4.78 is 4.51. The molecule has 0 aliphatic rings. The SMILES string of the molecule is COC(=O)C=Cc1ccc(O)c(-c2cc(C)[nH]c(=O)c2C#N)c1. The number of carbonyl (C=O) groups is 1. The van der Waals surface area contributed by atoms with E-state index in [1.54, 1.807) is 25.1 Å². The molecule has 116 valence electrons. The molecule has 0 saturated heterocycles. The number of methoxy groups -OCH3 is 1. The Hall–Kier alpha value is -3.33. The number of aromatic hydroxyl groups is 1. The van der Waals surface area contributed by atoms with Gasteiger partial charge < -0.3 is 14.8 Å². The summed E-state index contributed by atoms with van der Waals surface area (Å²) in [6, 6.07) is 8.09. The van der Waals surface area contributed by atoms with Gasteiger partial charge in [0.05, 0.1) is 7.11 Å². The van der Waals surface area contributed by atoms with Gasteiger partial charge in [0.25, 0.3) is 5.56 Å². The number of benzene rings is 1. The number of ether oxygens (including phenoxy) is 1. The predicted octanol–water partition coefficient (Wildman–Crippen LogP) is 2.11. The predicted molar refractivity (Wildman–Crippen MR) is 84.7 cm³/mol. The van der Waals surface area contributed by atoms with Crippen LogP contribution in [0.4, 0.5) is 0 Å². The van der Waals surface area contributed by atoms with E-state index in [-0.39, 0.29) is 11.3 Å². The molecule has 1 heterocycles. The Balaban J connectivity index is 2.61. The largest absolute Gasteiger partial charge is 0.507 e. The van der Waals surface area contributed by atoms with Crippen LogP contribution in [-0.2, 0) is 9.53 Å². The number of aryl methyl sites for hydroxylation is 1. The Bertz CT molecular complexity index is 888. The number of H-pyrrole nitrogens is 1. The number of aromatic amines is 1. The van der Waals surface area contributed by atoms with E-state index in [0.717, 1.165) is 0 Å². The van der Waals surface area contributed by atoms with E-state index in [1.165, 1.54) is 25.3 Å². The zero-order chi connectivity index (χ0) is 17.0. The second-order valence-electron chi connectivity index (χ2n) is 4.82. The van der Waals surface area contributed by atoms with Crippen molar-refractivity contribution in [1.29, 1.82) is 5.26 Å². The summed E-state index contributed by atoms with van der Waals surface area (Å²) in [6.07, 6.45) is 2.76. The first-order chi connectivity index (χ1) is 11.0. The molecule has 23 heavy (non-hydrogen) atoms. The fraction of sp³-hybridized carbons (Fsp3) is 0.118. The molecule has 2 aromatic rings. The quantitative estimate of drug-likeness (QED) is 0.667. The van der Waals surface area contributed by atoms with E-state index >= 15 is 0 Å². The second-order valence-corrected chi connectivity index (χ2v) is 4.82. The molecule has 0 atom stereocenters. The molecule has 0 saturated carbocycles. The first-order valence-corrected chi connectivity index (χ1v) is 6.69. The monoisotopic (exact) mass is 310 g/mol. The van der Waals surface area contributed by atoms with Crippen LogP contribution in [0.1, 0.15) is 16.8 Å². The Kier molecular flexibility index (Phi) is 4.62. The number of phenolic OH excluding ortho intramolecular Hbond substituents is 1. The standard InChI is InChI=1S/C17H14N2O4/c1-10-7-12(14(9-18)17(22)19-10)13-8-11(3-5-15(13)20)4-6-16(21)23-2/h3-8,20H,1-2H3,(H,19,22). The lowest BCUT2D eigenvalue weighted by molar-refractivity contribution is -0.134. The van der Waals surface area contributed by atoms with E-state index in [0.29, 0.717) is 22.4 Å². The van der Waals surface area contributed by atoms with Crippen molar-refractivity contribution in [2.24, 2.45) is 0 Å². The molecule has 2 N–H and O–H groups in total. The van der Waals surface area contributed by atoms with Crippen molar-refractivity contribution in [2.75, 3.05) is 7.11 Å². The van der Waals surface area contributed by atoms with Gasteiger partial charge in [-0.1, -0.05) is 6.07 Å².